The zero-order chi connectivity index (χ0) is 14.8. The van der Waals surface area contributed by atoms with Crippen molar-refractivity contribution in [1.29, 1.82) is 0 Å². The van der Waals surface area contributed by atoms with Crippen molar-refractivity contribution in [2.45, 2.75) is 11.1 Å². The van der Waals surface area contributed by atoms with Gasteiger partial charge in [0.15, 0.2) is 12.4 Å². The first-order valence-corrected chi connectivity index (χ1v) is 7.14. The zero-order valence-corrected chi connectivity index (χ0v) is 12.5. The van der Waals surface area contributed by atoms with Gasteiger partial charge in [0.2, 0.25) is 0 Å². The molecule has 0 aliphatic rings. The molecule has 1 rings (SSSR count). The molecule has 0 N–H and O–H groups in total. The van der Waals surface area contributed by atoms with E-state index in [4.69, 9.17) is 16.3 Å². The lowest BCUT2D eigenvalue weighted by Gasteiger charge is -2.12. The normalized spacial score (nSPS) is 12.5. The Morgan fingerprint density at radius 1 is 1.37 bits per heavy atom. The fourth-order valence-electron chi connectivity index (χ4n) is 1.13. The van der Waals surface area contributed by atoms with Gasteiger partial charge in [0.05, 0.1) is 11.6 Å². The average molecular weight is 384 g/mol. The van der Waals surface area contributed by atoms with Crippen LogP contribution in [0.15, 0.2) is 21.5 Å². The first-order chi connectivity index (χ1) is 8.57. The van der Waals surface area contributed by atoms with E-state index in [1.165, 1.54) is 6.07 Å². The van der Waals surface area contributed by atoms with Crippen LogP contribution in [-0.2, 0) is 14.3 Å². The van der Waals surface area contributed by atoms with Crippen LogP contribution in [0, 0.1) is 0 Å². The van der Waals surface area contributed by atoms with Crippen LogP contribution >= 0.6 is 27.5 Å². The third kappa shape index (κ3) is 4.51. The highest BCUT2D eigenvalue weighted by molar-refractivity contribution is 9.10. The Bertz CT molecular complexity index is 574. The van der Waals surface area contributed by atoms with Crippen LogP contribution < -0.4 is 4.74 Å². The molecule has 0 bridgehead atoms. The summed E-state index contributed by atoms with van der Waals surface area (Å²) in [6.45, 7) is -1.93. The van der Waals surface area contributed by atoms with Crippen molar-refractivity contribution in [3.05, 3.63) is 21.6 Å². The van der Waals surface area contributed by atoms with E-state index in [1.54, 1.807) is 0 Å². The lowest BCUT2D eigenvalue weighted by molar-refractivity contribution is -0.152. The molecule has 0 fully saturated rings. The van der Waals surface area contributed by atoms with Gasteiger partial charge in [0.1, 0.15) is 4.90 Å². The molecule has 0 saturated carbocycles. The van der Waals surface area contributed by atoms with E-state index in [2.05, 4.69) is 20.1 Å². The molecule has 0 aromatic heterocycles. The van der Waals surface area contributed by atoms with E-state index in [0.29, 0.717) is 0 Å². The fourth-order valence-corrected chi connectivity index (χ4v) is 3.40. The van der Waals surface area contributed by atoms with Crippen molar-refractivity contribution >= 4 is 37.6 Å². The number of hydrogen-bond acceptors (Lipinski definition) is 4. The van der Waals surface area contributed by atoms with Gasteiger partial charge < -0.3 is 4.74 Å². The minimum Gasteiger partial charge on any atom is -0.494 e. The minimum absolute atomic E-state index is 0.00172. The first-order valence-electron chi connectivity index (χ1n) is 4.56. The topological polar surface area (TPSA) is 52.6 Å². The summed E-state index contributed by atoms with van der Waals surface area (Å²) in [5.74, 6) is -0.188. The SMILES string of the molecule is COc1c(Br)cc(Cl)cc1S(=O)(=O)OCC(F)(F)F. The molecule has 1 aromatic rings. The Hall–Kier alpha value is -0.510. The maximum Gasteiger partial charge on any atom is 0.413 e. The van der Waals surface area contributed by atoms with Gasteiger partial charge in [-0.1, -0.05) is 11.6 Å². The monoisotopic (exact) mass is 382 g/mol. The molecule has 0 aliphatic carbocycles. The van der Waals surface area contributed by atoms with Crippen molar-refractivity contribution in [3.8, 4) is 5.75 Å². The lowest BCUT2D eigenvalue weighted by Crippen LogP contribution is -2.21. The molecule has 19 heavy (non-hydrogen) atoms. The van der Waals surface area contributed by atoms with Gasteiger partial charge in [-0.25, -0.2) is 0 Å². The van der Waals surface area contributed by atoms with Crippen LogP contribution in [0.25, 0.3) is 0 Å². The number of methoxy groups -OCH3 is 1. The summed E-state index contributed by atoms with van der Waals surface area (Å²) in [7, 11) is -3.48. The summed E-state index contributed by atoms with van der Waals surface area (Å²) in [6, 6.07) is 2.28. The number of halogens is 5. The Morgan fingerprint density at radius 2 is 1.95 bits per heavy atom. The zero-order valence-electron chi connectivity index (χ0n) is 9.29. The standard InChI is InChI=1S/C9H7BrClF3O4S/c1-17-8-6(10)2-5(11)3-7(8)19(15,16)18-4-9(12,13)14/h2-3H,4H2,1H3. The van der Waals surface area contributed by atoms with Crippen LogP contribution in [-0.4, -0.2) is 28.3 Å². The molecule has 0 radical (unpaired) electrons. The quantitative estimate of drug-likeness (QED) is 0.748. The van der Waals surface area contributed by atoms with Crippen LogP contribution in [0.5, 0.6) is 5.75 Å². The number of alkyl halides is 3. The Labute approximate surface area is 120 Å². The van der Waals surface area contributed by atoms with Crippen molar-refractivity contribution in [2.75, 3.05) is 13.7 Å². The van der Waals surface area contributed by atoms with Crippen molar-refractivity contribution < 1.29 is 30.5 Å². The summed E-state index contributed by atoms with van der Waals surface area (Å²) >= 11 is 8.64. The van der Waals surface area contributed by atoms with E-state index in [1.807, 2.05) is 0 Å². The third-order valence-electron chi connectivity index (χ3n) is 1.83. The largest absolute Gasteiger partial charge is 0.494 e. The number of benzene rings is 1. The van der Waals surface area contributed by atoms with Gasteiger partial charge in [-0.15, -0.1) is 0 Å². The van der Waals surface area contributed by atoms with E-state index in [9.17, 15) is 21.6 Å². The van der Waals surface area contributed by atoms with E-state index >= 15 is 0 Å². The maximum atomic E-state index is 12.0. The highest BCUT2D eigenvalue weighted by Crippen LogP contribution is 2.36. The predicted molar refractivity (Wildman–Crippen MR) is 64.9 cm³/mol. The molecule has 1 aromatic carbocycles. The smallest absolute Gasteiger partial charge is 0.413 e. The Kier molecular flexibility index (Phi) is 5.10. The van der Waals surface area contributed by atoms with Gasteiger partial charge >= 0.3 is 16.3 Å². The summed E-state index contributed by atoms with van der Waals surface area (Å²) in [4.78, 5) is -0.585. The van der Waals surface area contributed by atoms with Gasteiger partial charge in [0, 0.05) is 5.02 Å². The number of hydrogen-bond donors (Lipinski definition) is 0. The summed E-state index contributed by atoms with van der Waals surface area (Å²) in [6.07, 6.45) is -4.77. The molecule has 0 heterocycles. The molecule has 0 aliphatic heterocycles. The molecule has 0 saturated heterocycles. The predicted octanol–water partition coefficient (Wildman–Crippen LogP) is 3.38. The second kappa shape index (κ2) is 5.86. The summed E-state index contributed by atoms with van der Waals surface area (Å²) < 4.78 is 68.2. The van der Waals surface area contributed by atoms with Crippen LogP contribution in [0.2, 0.25) is 5.02 Å². The maximum absolute atomic E-state index is 12.0. The van der Waals surface area contributed by atoms with Crippen molar-refractivity contribution in [2.24, 2.45) is 0 Å². The molecule has 0 unspecified atom stereocenters. The van der Waals surface area contributed by atoms with E-state index in [0.717, 1.165) is 13.2 Å². The van der Waals surface area contributed by atoms with Gasteiger partial charge in [-0.3, -0.25) is 4.18 Å². The average Bonchev–Trinajstić information content (AvgIpc) is 2.25. The van der Waals surface area contributed by atoms with Gasteiger partial charge in [-0.05, 0) is 28.1 Å². The van der Waals surface area contributed by atoms with Crippen LogP contribution in [0.1, 0.15) is 0 Å². The third-order valence-corrected chi connectivity index (χ3v) is 3.90. The second-order valence-corrected chi connectivity index (χ2v) is 6.13. The van der Waals surface area contributed by atoms with Crippen molar-refractivity contribution in [3.63, 3.8) is 0 Å². The fraction of sp³-hybridized carbons (Fsp3) is 0.333. The Morgan fingerprint density at radius 3 is 2.42 bits per heavy atom. The van der Waals surface area contributed by atoms with Gasteiger partial charge in [0.25, 0.3) is 0 Å². The first kappa shape index (κ1) is 16.5. The molecule has 0 amide bonds. The second-order valence-electron chi connectivity index (χ2n) is 3.25. The minimum atomic E-state index is -4.77. The molecule has 108 valence electrons. The van der Waals surface area contributed by atoms with Crippen LogP contribution in [0.3, 0.4) is 0 Å². The lowest BCUT2D eigenvalue weighted by atomic mass is 10.3. The number of ether oxygens (including phenoxy) is 1. The highest BCUT2D eigenvalue weighted by atomic mass is 79.9. The van der Waals surface area contributed by atoms with E-state index in [-0.39, 0.29) is 15.2 Å². The van der Waals surface area contributed by atoms with Gasteiger partial charge in [-0.2, -0.15) is 21.6 Å². The molecule has 0 atom stereocenters. The molecular weight excluding hydrogens is 377 g/mol. The molecule has 4 nitrogen and oxygen atoms in total. The molecular formula is C9H7BrClF3O4S. The molecule has 0 spiro atoms. The highest BCUT2D eigenvalue weighted by Gasteiger charge is 2.33. The molecule has 10 heteroatoms. The summed E-state index contributed by atoms with van der Waals surface area (Å²) in [5.41, 5.74) is 0. The van der Waals surface area contributed by atoms with E-state index < -0.39 is 27.8 Å². The van der Waals surface area contributed by atoms with Crippen LogP contribution in [0.4, 0.5) is 13.2 Å². The number of rotatable bonds is 4. The summed E-state index contributed by atoms with van der Waals surface area (Å²) in [5, 5.41) is 0.00172. The Balaban J connectivity index is 3.21. The van der Waals surface area contributed by atoms with Crippen molar-refractivity contribution in [1.82, 2.24) is 0 Å².